The maximum atomic E-state index is 12.7. The van der Waals surface area contributed by atoms with Crippen molar-refractivity contribution in [2.75, 3.05) is 13.7 Å². The Kier molecular flexibility index (Phi) is 7.02. The zero-order chi connectivity index (χ0) is 19.2. The van der Waals surface area contributed by atoms with Crippen LogP contribution in [0.15, 0.2) is 53.4 Å². The molecule has 2 aromatic rings. The first-order valence-electron chi connectivity index (χ1n) is 8.07. The predicted octanol–water partition coefficient (Wildman–Crippen LogP) is 2.37. The van der Waals surface area contributed by atoms with E-state index in [0.717, 1.165) is 5.56 Å². The van der Waals surface area contributed by atoms with Gasteiger partial charge in [0, 0.05) is 7.05 Å². The minimum atomic E-state index is -3.94. The van der Waals surface area contributed by atoms with Crippen molar-refractivity contribution in [3.05, 3.63) is 59.1 Å². The molecule has 0 aromatic heterocycles. The quantitative estimate of drug-likeness (QED) is 0.717. The van der Waals surface area contributed by atoms with Crippen LogP contribution >= 0.6 is 11.6 Å². The van der Waals surface area contributed by atoms with Crippen molar-refractivity contribution in [2.24, 2.45) is 0 Å². The van der Waals surface area contributed by atoms with Gasteiger partial charge in [-0.05, 0) is 37.1 Å². The lowest BCUT2D eigenvalue weighted by Crippen LogP contribution is -2.46. The third kappa shape index (κ3) is 5.20. The van der Waals surface area contributed by atoms with E-state index in [1.165, 1.54) is 25.2 Å². The molecular formula is C18H21ClN2O4S. The van der Waals surface area contributed by atoms with Crippen LogP contribution in [-0.2, 0) is 21.2 Å². The van der Waals surface area contributed by atoms with Crippen molar-refractivity contribution in [1.29, 1.82) is 0 Å². The third-order valence-electron chi connectivity index (χ3n) is 3.66. The minimum Gasteiger partial charge on any atom is -0.492 e. The Morgan fingerprint density at radius 2 is 1.88 bits per heavy atom. The van der Waals surface area contributed by atoms with Crippen LogP contribution in [0.25, 0.3) is 0 Å². The average molecular weight is 397 g/mol. The highest BCUT2D eigenvalue weighted by Crippen LogP contribution is 2.27. The second-order valence-electron chi connectivity index (χ2n) is 5.50. The molecule has 8 heteroatoms. The molecule has 0 saturated carbocycles. The van der Waals surface area contributed by atoms with E-state index in [9.17, 15) is 13.2 Å². The molecule has 2 N–H and O–H groups in total. The van der Waals surface area contributed by atoms with E-state index < -0.39 is 22.0 Å². The molecule has 0 aliphatic carbocycles. The number of benzene rings is 2. The van der Waals surface area contributed by atoms with Crippen LogP contribution in [0, 0.1) is 0 Å². The number of hydrogen-bond acceptors (Lipinski definition) is 4. The SMILES string of the molecule is CCOc1ccc(S(=O)(=O)N[C@@H](Cc2ccccc2)C(=O)NC)cc1Cl. The highest BCUT2D eigenvalue weighted by atomic mass is 35.5. The molecule has 0 radical (unpaired) electrons. The van der Waals surface area contributed by atoms with Crippen LogP contribution in [0.5, 0.6) is 5.75 Å². The summed E-state index contributed by atoms with van der Waals surface area (Å²) < 4.78 is 33.1. The summed E-state index contributed by atoms with van der Waals surface area (Å²) in [5.74, 6) is -0.0188. The Morgan fingerprint density at radius 3 is 2.46 bits per heavy atom. The van der Waals surface area contributed by atoms with E-state index in [1.54, 1.807) is 6.92 Å². The number of nitrogens with one attached hydrogen (secondary N) is 2. The fourth-order valence-corrected chi connectivity index (χ4v) is 3.91. The lowest BCUT2D eigenvalue weighted by Gasteiger charge is -2.18. The summed E-state index contributed by atoms with van der Waals surface area (Å²) in [5.41, 5.74) is 0.841. The summed E-state index contributed by atoms with van der Waals surface area (Å²) in [6.45, 7) is 2.22. The van der Waals surface area contributed by atoms with Gasteiger partial charge in [0.15, 0.2) is 0 Å². The first-order chi connectivity index (χ1) is 12.4. The monoisotopic (exact) mass is 396 g/mol. The lowest BCUT2D eigenvalue weighted by molar-refractivity contribution is -0.122. The molecule has 2 aromatic carbocycles. The Labute approximate surface area is 158 Å². The van der Waals surface area contributed by atoms with Crippen LogP contribution in [0.4, 0.5) is 0 Å². The molecule has 0 saturated heterocycles. The van der Waals surface area contributed by atoms with Crippen molar-refractivity contribution in [1.82, 2.24) is 10.0 Å². The van der Waals surface area contributed by atoms with Gasteiger partial charge in [-0.2, -0.15) is 4.72 Å². The second-order valence-corrected chi connectivity index (χ2v) is 7.62. The third-order valence-corrected chi connectivity index (χ3v) is 5.42. The van der Waals surface area contributed by atoms with E-state index >= 15 is 0 Å². The second kappa shape index (κ2) is 9.02. The van der Waals surface area contributed by atoms with Gasteiger partial charge < -0.3 is 10.1 Å². The summed E-state index contributed by atoms with van der Waals surface area (Å²) in [6, 6.07) is 12.4. The highest BCUT2D eigenvalue weighted by molar-refractivity contribution is 7.89. The van der Waals surface area contributed by atoms with Gasteiger partial charge in [0.25, 0.3) is 0 Å². The normalized spacial score (nSPS) is 12.4. The summed E-state index contributed by atoms with van der Waals surface area (Å²) in [5, 5.41) is 2.67. The van der Waals surface area contributed by atoms with E-state index in [2.05, 4.69) is 10.0 Å². The first kappa shape index (κ1) is 20.2. The van der Waals surface area contributed by atoms with E-state index in [0.29, 0.717) is 12.4 Å². The van der Waals surface area contributed by atoms with Gasteiger partial charge in [0.2, 0.25) is 15.9 Å². The molecule has 0 fully saturated rings. The fraction of sp³-hybridized carbons (Fsp3) is 0.278. The van der Waals surface area contributed by atoms with Crippen LogP contribution in [0.1, 0.15) is 12.5 Å². The van der Waals surface area contributed by atoms with Gasteiger partial charge in [-0.1, -0.05) is 41.9 Å². The van der Waals surface area contributed by atoms with Crippen molar-refractivity contribution in [3.63, 3.8) is 0 Å². The molecule has 0 unspecified atom stereocenters. The smallest absolute Gasteiger partial charge is 0.241 e. The number of sulfonamides is 1. The molecule has 0 aliphatic rings. The van der Waals surface area contributed by atoms with Crippen molar-refractivity contribution >= 4 is 27.5 Å². The molecule has 0 bridgehead atoms. The molecule has 0 heterocycles. The maximum Gasteiger partial charge on any atom is 0.241 e. The first-order valence-corrected chi connectivity index (χ1v) is 9.93. The molecule has 26 heavy (non-hydrogen) atoms. The number of halogens is 1. The van der Waals surface area contributed by atoms with E-state index in [1.807, 2.05) is 30.3 Å². The number of amides is 1. The van der Waals surface area contributed by atoms with Crippen molar-refractivity contribution in [2.45, 2.75) is 24.3 Å². The minimum absolute atomic E-state index is 0.0343. The molecular weight excluding hydrogens is 376 g/mol. The molecule has 0 spiro atoms. The summed E-state index contributed by atoms with van der Waals surface area (Å²) >= 11 is 6.07. The number of rotatable bonds is 8. The zero-order valence-corrected chi connectivity index (χ0v) is 16.1. The van der Waals surface area contributed by atoms with Crippen molar-refractivity contribution in [3.8, 4) is 5.75 Å². The van der Waals surface area contributed by atoms with E-state index in [-0.39, 0.29) is 16.3 Å². The summed E-state index contributed by atoms with van der Waals surface area (Å²) in [7, 11) is -2.48. The van der Waals surface area contributed by atoms with Crippen LogP contribution in [0.2, 0.25) is 5.02 Å². The summed E-state index contributed by atoms with van der Waals surface area (Å²) in [4.78, 5) is 12.1. The van der Waals surface area contributed by atoms with Crippen molar-refractivity contribution < 1.29 is 17.9 Å². The number of carbonyl (C=O) groups excluding carboxylic acids is 1. The highest BCUT2D eigenvalue weighted by Gasteiger charge is 2.26. The van der Waals surface area contributed by atoms with Crippen LogP contribution in [-0.4, -0.2) is 34.0 Å². The summed E-state index contributed by atoms with van der Waals surface area (Å²) in [6.07, 6.45) is 0.227. The van der Waals surface area contributed by atoms with Gasteiger partial charge in [-0.3, -0.25) is 4.79 Å². The van der Waals surface area contributed by atoms with Crippen LogP contribution in [0.3, 0.4) is 0 Å². The number of likely N-dealkylation sites (N-methyl/N-ethyl adjacent to an activating group) is 1. The maximum absolute atomic E-state index is 12.7. The molecule has 0 aliphatic heterocycles. The Hall–Kier alpha value is -2.09. The Balaban J connectivity index is 2.25. The van der Waals surface area contributed by atoms with Gasteiger partial charge in [0.1, 0.15) is 11.8 Å². The number of ether oxygens (including phenoxy) is 1. The molecule has 140 valence electrons. The standard InChI is InChI=1S/C18H21ClN2O4S/c1-3-25-17-10-9-14(12-15(17)19)26(23,24)21-16(18(22)20-2)11-13-7-5-4-6-8-13/h4-10,12,16,21H,3,11H2,1-2H3,(H,20,22)/t16-/m0/s1. The largest absolute Gasteiger partial charge is 0.492 e. The van der Waals surface area contributed by atoms with Crippen LogP contribution < -0.4 is 14.8 Å². The predicted molar refractivity (Wildman–Crippen MR) is 101 cm³/mol. The lowest BCUT2D eigenvalue weighted by atomic mass is 10.1. The number of hydrogen-bond donors (Lipinski definition) is 2. The topological polar surface area (TPSA) is 84.5 Å². The van der Waals surface area contributed by atoms with E-state index in [4.69, 9.17) is 16.3 Å². The van der Waals surface area contributed by atoms with Gasteiger partial charge in [-0.15, -0.1) is 0 Å². The molecule has 6 nitrogen and oxygen atoms in total. The van der Waals surface area contributed by atoms with Gasteiger partial charge in [-0.25, -0.2) is 8.42 Å². The van der Waals surface area contributed by atoms with Gasteiger partial charge in [0.05, 0.1) is 16.5 Å². The number of carbonyl (C=O) groups is 1. The zero-order valence-electron chi connectivity index (χ0n) is 14.5. The molecule has 1 amide bonds. The Bertz CT molecular complexity index is 857. The Morgan fingerprint density at radius 1 is 1.19 bits per heavy atom. The molecule has 1 atom stereocenters. The van der Waals surface area contributed by atoms with Gasteiger partial charge >= 0.3 is 0 Å². The average Bonchev–Trinajstić information content (AvgIpc) is 2.63. The molecule has 2 rings (SSSR count). The fourth-order valence-electron chi connectivity index (χ4n) is 2.39.